The van der Waals surface area contributed by atoms with Crippen molar-refractivity contribution in [1.82, 2.24) is 10.3 Å². The number of aromatic amines is 1. The maximum absolute atomic E-state index is 11.9. The van der Waals surface area contributed by atoms with Crippen molar-refractivity contribution in [2.75, 3.05) is 5.73 Å². The molecule has 9 heteroatoms. The summed E-state index contributed by atoms with van der Waals surface area (Å²) in [6.45, 7) is 0.111. The second kappa shape index (κ2) is 5.53. The van der Waals surface area contributed by atoms with Gasteiger partial charge in [-0.15, -0.1) is 0 Å². The molecule has 0 saturated carbocycles. The minimum Gasteiger partial charge on any atom is -0.398 e. The number of aromatic nitrogens is 1. The predicted octanol–water partition coefficient (Wildman–Crippen LogP) is 0.857. The molecule has 1 amide bonds. The molecule has 8 nitrogen and oxygen atoms in total. The molecule has 4 N–H and O–H groups in total. The van der Waals surface area contributed by atoms with E-state index in [-0.39, 0.29) is 28.4 Å². The highest BCUT2D eigenvalue weighted by Gasteiger charge is 2.15. The molecule has 0 saturated heterocycles. The summed E-state index contributed by atoms with van der Waals surface area (Å²) < 4.78 is 0. The van der Waals surface area contributed by atoms with Gasteiger partial charge in [0, 0.05) is 28.9 Å². The molecule has 0 spiro atoms. The molecular weight excluding hydrogens is 284 g/mol. The van der Waals surface area contributed by atoms with Crippen molar-refractivity contribution in [2.45, 2.75) is 6.54 Å². The van der Waals surface area contributed by atoms with E-state index in [2.05, 4.69) is 10.3 Å². The number of H-pyrrole nitrogens is 1. The number of thiazole rings is 1. The van der Waals surface area contributed by atoms with Crippen LogP contribution < -0.4 is 15.9 Å². The number of nitrogens with one attached hydrogen (secondary N) is 2. The summed E-state index contributed by atoms with van der Waals surface area (Å²) in [6, 6.07) is 3.64. The fourth-order valence-electron chi connectivity index (χ4n) is 1.53. The van der Waals surface area contributed by atoms with Gasteiger partial charge in [0.25, 0.3) is 11.6 Å². The number of carbonyl (C=O) groups is 1. The Kier molecular flexibility index (Phi) is 3.80. The third-order valence-corrected chi connectivity index (χ3v) is 3.22. The lowest BCUT2D eigenvalue weighted by atomic mass is 10.1. The van der Waals surface area contributed by atoms with E-state index >= 15 is 0 Å². The van der Waals surface area contributed by atoms with Crippen molar-refractivity contribution in [3.8, 4) is 0 Å². The lowest BCUT2D eigenvalue weighted by Crippen LogP contribution is -2.24. The number of hydrogen-bond donors (Lipinski definition) is 3. The molecule has 20 heavy (non-hydrogen) atoms. The Morgan fingerprint density at radius 2 is 2.25 bits per heavy atom. The average Bonchev–Trinajstić information content (AvgIpc) is 2.82. The highest BCUT2D eigenvalue weighted by Crippen LogP contribution is 2.19. The van der Waals surface area contributed by atoms with E-state index in [1.807, 2.05) is 0 Å². The monoisotopic (exact) mass is 294 g/mol. The summed E-state index contributed by atoms with van der Waals surface area (Å²) >= 11 is 0.985. The second-order valence-electron chi connectivity index (χ2n) is 3.88. The van der Waals surface area contributed by atoms with Gasteiger partial charge in [0.05, 0.1) is 17.0 Å². The van der Waals surface area contributed by atoms with Crippen molar-refractivity contribution in [3.05, 3.63) is 54.6 Å². The van der Waals surface area contributed by atoms with Gasteiger partial charge >= 0.3 is 4.87 Å². The van der Waals surface area contributed by atoms with Crippen molar-refractivity contribution >= 4 is 28.6 Å². The number of nitro benzene ring substituents is 1. The minimum absolute atomic E-state index is 0.0248. The number of nitrogen functional groups attached to an aromatic ring is 1. The van der Waals surface area contributed by atoms with Crippen LogP contribution in [-0.2, 0) is 6.54 Å². The predicted molar refractivity (Wildman–Crippen MR) is 73.6 cm³/mol. The van der Waals surface area contributed by atoms with Gasteiger partial charge in [-0.25, -0.2) is 0 Å². The molecule has 0 fully saturated rings. The van der Waals surface area contributed by atoms with Gasteiger partial charge in [-0.05, 0) is 6.07 Å². The Balaban J connectivity index is 2.14. The third kappa shape index (κ3) is 3.01. The molecule has 0 atom stereocenters. The minimum atomic E-state index is -0.605. The van der Waals surface area contributed by atoms with Crippen LogP contribution >= 0.6 is 11.3 Å². The molecule has 0 bridgehead atoms. The molecule has 1 aromatic heterocycles. The highest BCUT2D eigenvalue weighted by atomic mass is 32.1. The quantitative estimate of drug-likeness (QED) is 0.437. The molecule has 0 unspecified atom stereocenters. The van der Waals surface area contributed by atoms with Gasteiger partial charge in [-0.3, -0.25) is 19.7 Å². The first-order valence-electron chi connectivity index (χ1n) is 5.46. The van der Waals surface area contributed by atoms with Crippen LogP contribution in [0.4, 0.5) is 11.4 Å². The van der Waals surface area contributed by atoms with E-state index in [0.29, 0.717) is 5.69 Å². The molecule has 0 aliphatic carbocycles. The van der Waals surface area contributed by atoms with Crippen molar-refractivity contribution in [1.29, 1.82) is 0 Å². The van der Waals surface area contributed by atoms with Crippen LogP contribution in [0.3, 0.4) is 0 Å². The average molecular weight is 294 g/mol. The Labute approximate surface area is 116 Å². The Morgan fingerprint density at radius 3 is 2.85 bits per heavy atom. The highest BCUT2D eigenvalue weighted by molar-refractivity contribution is 7.07. The SMILES string of the molecule is Nc1ccc([N+](=O)[O-])cc1C(=O)NCc1csc(=O)[nH]1. The van der Waals surface area contributed by atoms with Crippen LogP contribution in [0.15, 0.2) is 28.4 Å². The molecule has 2 aromatic rings. The van der Waals surface area contributed by atoms with E-state index in [9.17, 15) is 19.7 Å². The Bertz CT molecular complexity index is 721. The first kappa shape index (κ1) is 13.7. The number of benzene rings is 1. The van der Waals surface area contributed by atoms with Gasteiger partial charge in [-0.2, -0.15) is 0 Å². The van der Waals surface area contributed by atoms with E-state index in [4.69, 9.17) is 5.73 Å². The van der Waals surface area contributed by atoms with Crippen molar-refractivity contribution in [2.24, 2.45) is 0 Å². The zero-order valence-electron chi connectivity index (χ0n) is 10.1. The number of nitrogens with two attached hydrogens (primary N) is 1. The molecule has 1 heterocycles. The number of nitrogens with zero attached hydrogens (tertiary/aromatic N) is 1. The first-order chi connectivity index (χ1) is 9.47. The summed E-state index contributed by atoms with van der Waals surface area (Å²) in [7, 11) is 0. The van der Waals surface area contributed by atoms with Crippen LogP contribution in [0.25, 0.3) is 0 Å². The first-order valence-corrected chi connectivity index (χ1v) is 6.34. The number of nitro groups is 1. The maximum Gasteiger partial charge on any atom is 0.304 e. The fourth-order valence-corrected chi connectivity index (χ4v) is 2.11. The molecule has 0 aliphatic rings. The topological polar surface area (TPSA) is 131 Å². The Hall–Kier alpha value is -2.68. The molecule has 0 aliphatic heterocycles. The molecule has 0 radical (unpaired) electrons. The second-order valence-corrected chi connectivity index (χ2v) is 4.73. The summed E-state index contributed by atoms with van der Waals surface area (Å²) in [4.78, 5) is 35.2. The number of non-ortho nitro benzene ring substituents is 1. The van der Waals surface area contributed by atoms with Gasteiger partial charge in [0.1, 0.15) is 0 Å². The zero-order valence-corrected chi connectivity index (χ0v) is 10.9. The summed E-state index contributed by atoms with van der Waals surface area (Å²) in [5, 5.41) is 14.8. The number of rotatable bonds is 4. The van der Waals surface area contributed by atoms with Crippen LogP contribution in [0.5, 0.6) is 0 Å². The smallest absolute Gasteiger partial charge is 0.304 e. The lowest BCUT2D eigenvalue weighted by Gasteiger charge is -2.06. The lowest BCUT2D eigenvalue weighted by molar-refractivity contribution is -0.384. The van der Waals surface area contributed by atoms with E-state index < -0.39 is 10.8 Å². The Morgan fingerprint density at radius 1 is 1.50 bits per heavy atom. The van der Waals surface area contributed by atoms with Crippen LogP contribution in [-0.4, -0.2) is 15.8 Å². The molecular formula is C11H10N4O4S. The standard InChI is InChI=1S/C11H10N4O4S/c12-9-2-1-7(15(18)19)3-8(9)10(16)13-4-6-5-20-11(17)14-6/h1-3,5H,4,12H2,(H,13,16)(H,14,17). The van der Waals surface area contributed by atoms with Crippen LogP contribution in [0.1, 0.15) is 16.1 Å². The normalized spacial score (nSPS) is 10.2. The number of hydrogen-bond acceptors (Lipinski definition) is 6. The van der Waals surface area contributed by atoms with Gasteiger partial charge in [-0.1, -0.05) is 11.3 Å². The van der Waals surface area contributed by atoms with Gasteiger partial charge in [0.15, 0.2) is 0 Å². The zero-order chi connectivity index (χ0) is 14.7. The molecule has 2 rings (SSSR count). The maximum atomic E-state index is 11.9. The van der Waals surface area contributed by atoms with E-state index in [1.54, 1.807) is 5.38 Å². The van der Waals surface area contributed by atoms with E-state index in [1.165, 1.54) is 12.1 Å². The third-order valence-electron chi connectivity index (χ3n) is 2.50. The van der Waals surface area contributed by atoms with Gasteiger partial charge in [0.2, 0.25) is 0 Å². The summed E-state index contributed by atoms with van der Waals surface area (Å²) in [5.74, 6) is -0.543. The fraction of sp³-hybridized carbons (Fsp3) is 0.0909. The molecule has 1 aromatic carbocycles. The van der Waals surface area contributed by atoms with Crippen LogP contribution in [0.2, 0.25) is 0 Å². The summed E-state index contributed by atoms with van der Waals surface area (Å²) in [6.07, 6.45) is 0. The van der Waals surface area contributed by atoms with Crippen molar-refractivity contribution < 1.29 is 9.72 Å². The largest absolute Gasteiger partial charge is 0.398 e. The summed E-state index contributed by atoms with van der Waals surface area (Å²) in [5.41, 5.74) is 6.13. The number of carbonyl (C=O) groups excluding carboxylic acids is 1. The molecule has 104 valence electrons. The van der Waals surface area contributed by atoms with Crippen LogP contribution in [0, 0.1) is 10.1 Å². The van der Waals surface area contributed by atoms with E-state index in [0.717, 1.165) is 17.4 Å². The van der Waals surface area contributed by atoms with Gasteiger partial charge < -0.3 is 16.0 Å². The van der Waals surface area contributed by atoms with Crippen molar-refractivity contribution in [3.63, 3.8) is 0 Å². The number of amides is 1. The number of anilines is 1.